The van der Waals surface area contributed by atoms with E-state index >= 15 is 0 Å². The predicted molar refractivity (Wildman–Crippen MR) is 57.6 cm³/mol. The minimum Gasteiger partial charge on any atom is -0.481 e. The Kier molecular flexibility index (Phi) is 11.2. The second-order valence-corrected chi connectivity index (χ2v) is 2.82. The summed E-state index contributed by atoms with van der Waals surface area (Å²) in [4.78, 5) is 20.0. The van der Waals surface area contributed by atoms with Crippen molar-refractivity contribution in [2.75, 3.05) is 12.4 Å². The van der Waals surface area contributed by atoms with Gasteiger partial charge < -0.3 is 9.84 Å². The summed E-state index contributed by atoms with van der Waals surface area (Å²) in [6.07, 6.45) is 0.156. The van der Waals surface area contributed by atoms with Crippen molar-refractivity contribution in [2.24, 2.45) is 0 Å². The summed E-state index contributed by atoms with van der Waals surface area (Å²) < 4.78 is 4.56. The van der Waals surface area contributed by atoms with E-state index in [4.69, 9.17) is 5.11 Å². The molecule has 0 aromatic heterocycles. The molecule has 0 aromatic carbocycles. The third kappa shape index (κ3) is 13.6. The van der Waals surface area contributed by atoms with Crippen molar-refractivity contribution in [3.63, 3.8) is 0 Å². The number of aliphatic carboxylic acids is 1. The zero-order chi connectivity index (χ0) is 11.6. The fraction of sp³-hybridized carbons (Fsp3) is 0.556. The molecule has 0 amide bonds. The van der Waals surface area contributed by atoms with Crippen LogP contribution in [0.2, 0.25) is 0 Å². The Labute approximate surface area is 89.4 Å². The molecule has 0 aromatic rings. The van der Waals surface area contributed by atoms with E-state index in [0.29, 0.717) is 17.9 Å². The Bertz CT molecular complexity index is 201. The number of carbonyl (C=O) groups is 2. The molecule has 0 spiro atoms. The minimum atomic E-state index is -0.787. The molecule has 0 aliphatic rings. The van der Waals surface area contributed by atoms with Crippen LogP contribution in [0.15, 0.2) is 12.2 Å². The fourth-order valence-electron chi connectivity index (χ4n) is 0.350. The number of rotatable bonds is 4. The number of carboxylic acids is 1. The molecule has 0 atom stereocenters. The van der Waals surface area contributed by atoms with Gasteiger partial charge in [-0.2, -0.15) is 12.6 Å². The van der Waals surface area contributed by atoms with Crippen molar-refractivity contribution in [1.82, 2.24) is 0 Å². The number of carboxylic acid groups (broad SMARTS) is 1. The predicted octanol–water partition coefficient (Wildman–Crippen LogP) is 1.52. The fourth-order valence-corrected chi connectivity index (χ4v) is 0.541. The molecule has 0 bridgehead atoms. The molecule has 5 heteroatoms. The Balaban J connectivity index is 0. The largest absolute Gasteiger partial charge is 0.481 e. The summed E-state index contributed by atoms with van der Waals surface area (Å²) in [6, 6.07) is 0. The molecule has 0 aliphatic carbocycles. The molecule has 0 aliphatic heterocycles. The van der Waals surface area contributed by atoms with Gasteiger partial charge in [0.1, 0.15) is 0 Å². The van der Waals surface area contributed by atoms with Gasteiger partial charge in [0.15, 0.2) is 0 Å². The van der Waals surface area contributed by atoms with Crippen LogP contribution in [0.5, 0.6) is 0 Å². The number of carbonyl (C=O) groups excluding carboxylic acids is 1. The molecule has 4 nitrogen and oxygen atoms in total. The van der Waals surface area contributed by atoms with Crippen LogP contribution < -0.4 is 0 Å². The number of thiol groups is 1. The van der Waals surface area contributed by atoms with Crippen molar-refractivity contribution >= 4 is 24.6 Å². The maximum Gasteiger partial charge on any atom is 0.333 e. The Hall–Kier alpha value is -0.970. The van der Waals surface area contributed by atoms with Crippen LogP contribution in [0.25, 0.3) is 0 Å². The van der Waals surface area contributed by atoms with E-state index in [-0.39, 0.29) is 12.4 Å². The second kappa shape index (κ2) is 10.1. The van der Waals surface area contributed by atoms with Gasteiger partial charge in [0.2, 0.25) is 0 Å². The lowest BCUT2D eigenvalue weighted by atomic mass is 10.4. The number of esters is 1. The normalized spacial score (nSPS) is 8.21. The van der Waals surface area contributed by atoms with Crippen LogP contribution in [0.1, 0.15) is 20.3 Å². The van der Waals surface area contributed by atoms with E-state index in [1.54, 1.807) is 13.8 Å². The lowest BCUT2D eigenvalue weighted by Gasteiger charge is -1.96. The van der Waals surface area contributed by atoms with Gasteiger partial charge in [0.05, 0.1) is 13.0 Å². The lowest BCUT2D eigenvalue weighted by molar-refractivity contribution is -0.138. The number of ether oxygens (including phenoxy) is 1. The average Bonchev–Trinajstić information content (AvgIpc) is 2.05. The molecule has 82 valence electrons. The standard InChI is InChI=1S/C6H10O2.C3H6O2S/c1-4-8-6(7)5(2)3;4-3(5)1-2-6/h2,4H2,1,3H3;6H,1-2H2,(H,4,5). The zero-order valence-electron chi connectivity index (χ0n) is 8.45. The summed E-state index contributed by atoms with van der Waals surface area (Å²) in [5.41, 5.74) is 0.451. The number of hydrogen-bond acceptors (Lipinski definition) is 4. The Morgan fingerprint density at radius 2 is 2.00 bits per heavy atom. The highest BCUT2D eigenvalue weighted by Gasteiger charge is 1.98. The summed E-state index contributed by atoms with van der Waals surface area (Å²) in [6.45, 7) is 7.21. The van der Waals surface area contributed by atoms with Crippen molar-refractivity contribution < 1.29 is 19.4 Å². The molecular formula is C9H16O4S. The van der Waals surface area contributed by atoms with Gasteiger partial charge in [-0.3, -0.25) is 4.79 Å². The van der Waals surface area contributed by atoms with E-state index in [2.05, 4.69) is 23.9 Å². The molecule has 0 heterocycles. The number of hydrogen-bond donors (Lipinski definition) is 2. The highest BCUT2D eigenvalue weighted by Crippen LogP contribution is 1.89. The first kappa shape index (κ1) is 15.5. The lowest BCUT2D eigenvalue weighted by Crippen LogP contribution is -2.03. The van der Waals surface area contributed by atoms with Gasteiger partial charge in [0, 0.05) is 11.3 Å². The van der Waals surface area contributed by atoms with Gasteiger partial charge in [0.25, 0.3) is 0 Å². The topological polar surface area (TPSA) is 63.6 Å². The highest BCUT2D eigenvalue weighted by atomic mass is 32.1. The molecule has 0 radical (unpaired) electrons. The molecule has 0 rings (SSSR count). The van der Waals surface area contributed by atoms with Crippen molar-refractivity contribution in [3.05, 3.63) is 12.2 Å². The highest BCUT2D eigenvalue weighted by molar-refractivity contribution is 7.80. The second-order valence-electron chi connectivity index (χ2n) is 2.37. The van der Waals surface area contributed by atoms with E-state index in [0.717, 1.165) is 0 Å². The van der Waals surface area contributed by atoms with Crippen molar-refractivity contribution in [1.29, 1.82) is 0 Å². The van der Waals surface area contributed by atoms with Gasteiger partial charge in [-0.25, -0.2) is 4.79 Å². The summed E-state index contributed by atoms with van der Waals surface area (Å²) in [7, 11) is 0. The third-order valence-electron chi connectivity index (χ3n) is 0.950. The first-order valence-corrected chi connectivity index (χ1v) is 4.74. The van der Waals surface area contributed by atoms with E-state index in [9.17, 15) is 9.59 Å². The monoisotopic (exact) mass is 220 g/mol. The van der Waals surface area contributed by atoms with E-state index in [1.165, 1.54) is 0 Å². The van der Waals surface area contributed by atoms with Crippen LogP contribution in [0.3, 0.4) is 0 Å². The van der Waals surface area contributed by atoms with Crippen LogP contribution in [0.4, 0.5) is 0 Å². The van der Waals surface area contributed by atoms with Crippen molar-refractivity contribution in [3.8, 4) is 0 Å². The van der Waals surface area contributed by atoms with E-state index in [1.807, 2.05) is 0 Å². The quantitative estimate of drug-likeness (QED) is 0.428. The summed E-state index contributed by atoms with van der Waals surface area (Å²) in [5.74, 6) is -0.674. The van der Waals surface area contributed by atoms with Gasteiger partial charge in [-0.05, 0) is 13.8 Å². The van der Waals surface area contributed by atoms with Gasteiger partial charge in [-0.1, -0.05) is 6.58 Å². The van der Waals surface area contributed by atoms with Gasteiger partial charge >= 0.3 is 11.9 Å². The minimum absolute atomic E-state index is 0.156. The van der Waals surface area contributed by atoms with Crippen LogP contribution in [-0.4, -0.2) is 29.4 Å². The summed E-state index contributed by atoms with van der Waals surface area (Å²) >= 11 is 3.68. The maximum absolute atomic E-state index is 10.4. The zero-order valence-corrected chi connectivity index (χ0v) is 9.34. The molecule has 14 heavy (non-hydrogen) atoms. The first-order chi connectivity index (χ1) is 6.45. The maximum atomic E-state index is 10.4. The molecule has 0 fully saturated rings. The van der Waals surface area contributed by atoms with E-state index < -0.39 is 5.97 Å². The third-order valence-corrected chi connectivity index (χ3v) is 1.17. The molecule has 1 N–H and O–H groups in total. The average molecular weight is 220 g/mol. The van der Waals surface area contributed by atoms with Crippen molar-refractivity contribution in [2.45, 2.75) is 20.3 Å². The Morgan fingerprint density at radius 1 is 1.50 bits per heavy atom. The first-order valence-electron chi connectivity index (χ1n) is 4.11. The van der Waals surface area contributed by atoms with Crippen LogP contribution in [-0.2, 0) is 14.3 Å². The molecule has 0 saturated carbocycles. The van der Waals surface area contributed by atoms with Crippen LogP contribution >= 0.6 is 12.6 Å². The molecule has 0 unspecified atom stereocenters. The molecule has 0 saturated heterocycles. The smallest absolute Gasteiger partial charge is 0.333 e. The molecular weight excluding hydrogens is 204 g/mol. The van der Waals surface area contributed by atoms with Crippen LogP contribution in [0, 0.1) is 0 Å². The summed E-state index contributed by atoms with van der Waals surface area (Å²) in [5, 5.41) is 7.86. The SMILES string of the molecule is C=C(C)C(=O)OCC.O=C(O)CCS. The van der Waals surface area contributed by atoms with Gasteiger partial charge in [-0.15, -0.1) is 0 Å². The Morgan fingerprint density at radius 3 is 2.07 bits per heavy atom.